The number of aromatic nitrogens is 1. The van der Waals surface area contributed by atoms with Crippen molar-refractivity contribution in [1.29, 1.82) is 10.5 Å². The lowest BCUT2D eigenvalue weighted by atomic mass is 10.0. The highest BCUT2D eigenvalue weighted by atomic mass is 16.6. The van der Waals surface area contributed by atoms with E-state index in [9.17, 15) is 10.5 Å². The van der Waals surface area contributed by atoms with E-state index in [1.807, 2.05) is 30.3 Å². The molecule has 2 N–H and O–H groups in total. The monoisotopic (exact) mass is 291 g/mol. The fraction of sp³-hybridized carbons (Fsp3) is 0.125. The van der Waals surface area contributed by atoms with E-state index in [0.29, 0.717) is 17.0 Å². The van der Waals surface area contributed by atoms with Crippen molar-refractivity contribution in [3.8, 4) is 29.3 Å². The number of anilines is 1. The van der Waals surface area contributed by atoms with Crippen molar-refractivity contribution in [2.24, 2.45) is 5.16 Å². The summed E-state index contributed by atoms with van der Waals surface area (Å²) in [4.78, 5) is 9.46. The molecule has 0 aliphatic heterocycles. The Morgan fingerprint density at radius 1 is 1.14 bits per heavy atom. The molecule has 0 saturated carbocycles. The van der Waals surface area contributed by atoms with Crippen LogP contribution >= 0.6 is 0 Å². The molecule has 6 heteroatoms. The van der Waals surface area contributed by atoms with Crippen LogP contribution in [-0.2, 0) is 0 Å². The van der Waals surface area contributed by atoms with E-state index in [4.69, 9.17) is 10.6 Å². The van der Waals surface area contributed by atoms with Crippen LogP contribution in [0.5, 0.6) is 5.88 Å². The minimum Gasteiger partial charge on any atom is -0.396 e. The highest BCUT2D eigenvalue weighted by Crippen LogP contribution is 2.32. The Morgan fingerprint density at radius 3 is 2.32 bits per heavy atom. The summed E-state index contributed by atoms with van der Waals surface area (Å²) in [5, 5.41) is 22.4. The van der Waals surface area contributed by atoms with E-state index in [2.05, 4.69) is 10.1 Å². The van der Waals surface area contributed by atoms with Gasteiger partial charge < -0.3 is 10.6 Å². The van der Waals surface area contributed by atoms with Gasteiger partial charge in [0.15, 0.2) is 0 Å². The summed E-state index contributed by atoms with van der Waals surface area (Å²) in [6.07, 6.45) is 0. The standard InChI is InChI=1S/C16H13N5O/c1-10(2)21-22-16-13(9-18)14(19)12(8-17)15(20-16)11-6-4-3-5-7-11/h3-7H,1-2H3,(H2,19,20). The van der Waals surface area contributed by atoms with E-state index < -0.39 is 0 Å². The van der Waals surface area contributed by atoms with Crippen LogP contribution in [0.25, 0.3) is 11.3 Å². The number of benzene rings is 1. The molecule has 0 unspecified atom stereocenters. The van der Waals surface area contributed by atoms with E-state index in [0.717, 1.165) is 0 Å². The number of oxime groups is 1. The van der Waals surface area contributed by atoms with Crippen molar-refractivity contribution < 1.29 is 4.84 Å². The number of nitriles is 2. The van der Waals surface area contributed by atoms with Gasteiger partial charge in [-0.05, 0) is 13.8 Å². The molecule has 0 aliphatic carbocycles. The van der Waals surface area contributed by atoms with Gasteiger partial charge in [-0.3, -0.25) is 0 Å². The molecule has 0 fully saturated rings. The van der Waals surface area contributed by atoms with Gasteiger partial charge in [0.25, 0.3) is 5.88 Å². The van der Waals surface area contributed by atoms with Crippen LogP contribution in [-0.4, -0.2) is 10.7 Å². The summed E-state index contributed by atoms with van der Waals surface area (Å²) < 4.78 is 0. The maximum Gasteiger partial charge on any atom is 0.269 e. The highest BCUT2D eigenvalue weighted by Gasteiger charge is 2.20. The Labute approximate surface area is 128 Å². The summed E-state index contributed by atoms with van der Waals surface area (Å²) in [5.74, 6) is -0.0148. The predicted octanol–water partition coefficient (Wildman–Crippen LogP) is 2.85. The Balaban J connectivity index is 2.72. The molecular weight excluding hydrogens is 278 g/mol. The zero-order valence-corrected chi connectivity index (χ0v) is 12.2. The average molecular weight is 291 g/mol. The molecule has 6 nitrogen and oxygen atoms in total. The maximum absolute atomic E-state index is 9.34. The van der Waals surface area contributed by atoms with Crippen LogP contribution in [0.3, 0.4) is 0 Å². The SMILES string of the molecule is CC(C)=NOc1nc(-c2ccccc2)c(C#N)c(N)c1C#N. The second-order valence-electron chi connectivity index (χ2n) is 4.65. The van der Waals surface area contributed by atoms with Gasteiger partial charge in [0, 0.05) is 5.56 Å². The van der Waals surface area contributed by atoms with Crippen molar-refractivity contribution in [2.75, 3.05) is 5.73 Å². The summed E-state index contributed by atoms with van der Waals surface area (Å²) in [5.41, 5.74) is 7.85. The minimum atomic E-state index is -0.0148. The lowest BCUT2D eigenvalue weighted by molar-refractivity contribution is 0.326. The van der Waals surface area contributed by atoms with Gasteiger partial charge >= 0.3 is 0 Å². The van der Waals surface area contributed by atoms with Gasteiger partial charge in [0.05, 0.1) is 17.1 Å². The molecular formula is C16H13N5O. The van der Waals surface area contributed by atoms with Gasteiger partial charge in [-0.15, -0.1) is 0 Å². The first-order chi connectivity index (χ1) is 10.6. The quantitative estimate of drug-likeness (QED) is 0.691. The summed E-state index contributed by atoms with van der Waals surface area (Å²) in [7, 11) is 0. The van der Waals surface area contributed by atoms with Crippen LogP contribution < -0.4 is 10.6 Å². The van der Waals surface area contributed by atoms with Crippen molar-refractivity contribution in [1.82, 2.24) is 4.98 Å². The van der Waals surface area contributed by atoms with E-state index >= 15 is 0 Å². The van der Waals surface area contributed by atoms with Gasteiger partial charge in [0.2, 0.25) is 0 Å². The largest absolute Gasteiger partial charge is 0.396 e. The summed E-state index contributed by atoms with van der Waals surface area (Å²) in [6.45, 7) is 3.49. The lowest BCUT2D eigenvalue weighted by Gasteiger charge is -2.10. The first-order valence-corrected chi connectivity index (χ1v) is 6.45. The molecule has 0 bridgehead atoms. The molecule has 0 radical (unpaired) electrons. The number of nitrogen functional groups attached to an aromatic ring is 1. The molecule has 0 aliphatic rings. The Hall–Kier alpha value is -3.38. The Morgan fingerprint density at radius 2 is 1.77 bits per heavy atom. The van der Waals surface area contributed by atoms with Gasteiger partial charge in [-0.2, -0.15) is 10.5 Å². The number of nitrogens with two attached hydrogens (primary N) is 1. The molecule has 0 atom stereocenters. The van der Waals surface area contributed by atoms with Crippen LogP contribution in [0.4, 0.5) is 5.69 Å². The minimum absolute atomic E-state index is 0.00114. The topological polar surface area (TPSA) is 108 Å². The van der Waals surface area contributed by atoms with Gasteiger partial charge in [-0.25, -0.2) is 4.98 Å². The molecule has 1 heterocycles. The molecule has 0 amide bonds. The van der Waals surface area contributed by atoms with Crippen LogP contribution in [0.15, 0.2) is 35.5 Å². The van der Waals surface area contributed by atoms with Crippen LogP contribution in [0.2, 0.25) is 0 Å². The maximum atomic E-state index is 9.34. The zero-order valence-electron chi connectivity index (χ0n) is 12.2. The Bertz CT molecular complexity index is 809. The molecule has 22 heavy (non-hydrogen) atoms. The fourth-order valence-corrected chi connectivity index (χ4v) is 1.81. The van der Waals surface area contributed by atoms with E-state index in [-0.39, 0.29) is 22.7 Å². The molecule has 0 spiro atoms. The normalized spacial score (nSPS) is 9.45. The van der Waals surface area contributed by atoms with Gasteiger partial charge in [0.1, 0.15) is 23.3 Å². The third-order valence-corrected chi connectivity index (χ3v) is 2.79. The Kier molecular flexibility index (Phi) is 4.36. The highest BCUT2D eigenvalue weighted by molar-refractivity contribution is 5.80. The first kappa shape index (κ1) is 15.0. The first-order valence-electron chi connectivity index (χ1n) is 6.45. The second kappa shape index (κ2) is 6.38. The van der Waals surface area contributed by atoms with Crippen molar-refractivity contribution in [3.63, 3.8) is 0 Å². The molecule has 108 valence electrons. The number of rotatable bonds is 3. The average Bonchev–Trinajstić information content (AvgIpc) is 2.53. The lowest BCUT2D eigenvalue weighted by Crippen LogP contribution is -2.04. The third-order valence-electron chi connectivity index (χ3n) is 2.79. The molecule has 1 aromatic carbocycles. The van der Waals surface area contributed by atoms with Crippen molar-refractivity contribution >= 4 is 11.4 Å². The van der Waals surface area contributed by atoms with E-state index in [1.165, 1.54) is 0 Å². The molecule has 2 rings (SSSR count). The number of pyridine rings is 1. The van der Waals surface area contributed by atoms with Crippen LogP contribution in [0.1, 0.15) is 25.0 Å². The summed E-state index contributed by atoms with van der Waals surface area (Å²) in [6, 6.07) is 13.0. The van der Waals surface area contributed by atoms with Crippen molar-refractivity contribution in [3.05, 3.63) is 41.5 Å². The number of hydrogen-bond acceptors (Lipinski definition) is 6. The number of nitrogens with zero attached hydrogens (tertiary/aromatic N) is 4. The fourth-order valence-electron chi connectivity index (χ4n) is 1.81. The smallest absolute Gasteiger partial charge is 0.269 e. The van der Waals surface area contributed by atoms with E-state index in [1.54, 1.807) is 26.0 Å². The second-order valence-corrected chi connectivity index (χ2v) is 4.65. The third kappa shape index (κ3) is 2.87. The molecule has 0 saturated heterocycles. The summed E-state index contributed by atoms with van der Waals surface area (Å²) >= 11 is 0. The zero-order chi connectivity index (χ0) is 16.1. The molecule has 2 aromatic rings. The molecule has 1 aromatic heterocycles. The van der Waals surface area contributed by atoms with Gasteiger partial charge in [-0.1, -0.05) is 35.5 Å². The number of hydrogen-bond donors (Lipinski definition) is 1. The van der Waals surface area contributed by atoms with Crippen molar-refractivity contribution in [2.45, 2.75) is 13.8 Å². The predicted molar refractivity (Wildman–Crippen MR) is 82.9 cm³/mol. The van der Waals surface area contributed by atoms with Crippen LogP contribution in [0, 0.1) is 22.7 Å².